The summed E-state index contributed by atoms with van der Waals surface area (Å²) >= 11 is 3.34. The minimum Gasteiger partial charge on any atom is -0.372 e. The first-order valence-corrected chi connectivity index (χ1v) is 11.6. The van der Waals surface area contributed by atoms with Gasteiger partial charge in [-0.05, 0) is 49.7 Å². The number of amides is 4. The van der Waals surface area contributed by atoms with Gasteiger partial charge < -0.3 is 9.64 Å². The van der Waals surface area contributed by atoms with E-state index in [1.165, 1.54) is 12.1 Å². The van der Waals surface area contributed by atoms with E-state index in [4.69, 9.17) is 4.74 Å². The Kier molecular flexibility index (Phi) is 5.21. The molecule has 176 valence electrons. The van der Waals surface area contributed by atoms with E-state index < -0.39 is 40.3 Å². The quantitative estimate of drug-likeness (QED) is 0.360. The molecule has 0 aliphatic carbocycles. The van der Waals surface area contributed by atoms with Crippen LogP contribution in [-0.4, -0.2) is 47.6 Å². The summed E-state index contributed by atoms with van der Waals surface area (Å²) < 4.78 is 6.81. The number of benzene rings is 2. The number of carbonyl (C=O) groups is 3. The molecule has 3 aliphatic heterocycles. The summed E-state index contributed by atoms with van der Waals surface area (Å²) in [7, 11) is 0. The Morgan fingerprint density at radius 2 is 1.85 bits per heavy atom. The Balaban J connectivity index is 1.70. The molecule has 0 aromatic heterocycles. The number of anilines is 2. The Morgan fingerprint density at radius 1 is 1.15 bits per heavy atom. The molecular formula is C23H21BrN4O6. The third-order valence-electron chi connectivity index (χ3n) is 6.74. The molecule has 3 heterocycles. The van der Waals surface area contributed by atoms with Crippen LogP contribution in [0.25, 0.3) is 0 Å². The number of fused-ring (bicyclic) bond motifs is 4. The van der Waals surface area contributed by atoms with Gasteiger partial charge >= 0.3 is 6.03 Å². The molecular weight excluding hydrogens is 508 g/mol. The molecule has 10 nitrogen and oxygen atoms in total. The predicted molar refractivity (Wildman–Crippen MR) is 126 cm³/mol. The highest BCUT2D eigenvalue weighted by Crippen LogP contribution is 2.49. The molecule has 3 aliphatic rings. The van der Waals surface area contributed by atoms with Crippen LogP contribution in [0, 0.1) is 15.5 Å². The van der Waals surface area contributed by atoms with Crippen LogP contribution in [0.2, 0.25) is 0 Å². The van der Waals surface area contributed by atoms with Crippen molar-refractivity contribution in [2.45, 2.75) is 38.5 Å². The second-order valence-corrected chi connectivity index (χ2v) is 9.76. The smallest absolute Gasteiger partial charge is 0.335 e. The number of non-ortho nitro benzene ring substituents is 1. The second kappa shape index (κ2) is 7.88. The summed E-state index contributed by atoms with van der Waals surface area (Å²) in [6.45, 7) is 4.07. The Morgan fingerprint density at radius 3 is 2.53 bits per heavy atom. The van der Waals surface area contributed by atoms with Crippen LogP contribution in [0.4, 0.5) is 21.9 Å². The number of ether oxygens (including phenoxy) is 1. The summed E-state index contributed by atoms with van der Waals surface area (Å²) in [6, 6.07) is 9.52. The largest absolute Gasteiger partial charge is 0.372 e. The van der Waals surface area contributed by atoms with Crippen LogP contribution >= 0.6 is 15.9 Å². The van der Waals surface area contributed by atoms with Crippen molar-refractivity contribution in [3.8, 4) is 0 Å². The first-order valence-electron chi connectivity index (χ1n) is 10.8. The summed E-state index contributed by atoms with van der Waals surface area (Å²) in [5, 5.41) is 13.8. The Labute approximate surface area is 203 Å². The zero-order valence-electron chi connectivity index (χ0n) is 18.4. The van der Waals surface area contributed by atoms with E-state index in [1.807, 2.05) is 11.8 Å². The van der Waals surface area contributed by atoms with E-state index in [-0.39, 0.29) is 18.2 Å². The van der Waals surface area contributed by atoms with Crippen LogP contribution in [0.15, 0.2) is 46.9 Å². The number of nitrogens with one attached hydrogen (secondary N) is 1. The lowest BCUT2D eigenvalue weighted by Gasteiger charge is -2.56. The van der Waals surface area contributed by atoms with E-state index in [2.05, 4.69) is 21.2 Å². The first kappa shape index (κ1) is 22.5. The molecule has 0 radical (unpaired) electrons. The first-order chi connectivity index (χ1) is 16.1. The van der Waals surface area contributed by atoms with Gasteiger partial charge in [-0.1, -0.05) is 15.9 Å². The van der Waals surface area contributed by atoms with Gasteiger partial charge in [0.25, 0.3) is 11.6 Å². The Bertz CT molecular complexity index is 1230. The highest BCUT2D eigenvalue weighted by atomic mass is 79.9. The van der Waals surface area contributed by atoms with E-state index in [0.717, 1.165) is 15.1 Å². The number of hydrogen-bond donors (Lipinski definition) is 1. The molecule has 1 spiro atoms. The van der Waals surface area contributed by atoms with Crippen molar-refractivity contribution in [2.24, 2.45) is 5.41 Å². The van der Waals surface area contributed by atoms with Gasteiger partial charge in [0, 0.05) is 35.3 Å². The number of hydrogen-bond acceptors (Lipinski definition) is 7. The molecule has 0 saturated carbocycles. The fraction of sp³-hybridized carbons (Fsp3) is 0.348. The fourth-order valence-electron chi connectivity index (χ4n) is 5.45. The maximum atomic E-state index is 14.1. The fourth-order valence-corrected chi connectivity index (χ4v) is 5.71. The lowest BCUT2D eigenvalue weighted by molar-refractivity contribution is -0.384. The number of imide groups is 2. The number of urea groups is 1. The molecule has 4 amide bonds. The molecule has 0 unspecified atom stereocenters. The van der Waals surface area contributed by atoms with Gasteiger partial charge in [-0.3, -0.25) is 25.0 Å². The van der Waals surface area contributed by atoms with Gasteiger partial charge in [0.1, 0.15) is 0 Å². The average Bonchev–Trinajstić information content (AvgIpc) is 2.78. The Hall–Kier alpha value is -3.31. The lowest BCUT2D eigenvalue weighted by atomic mass is 9.66. The zero-order valence-corrected chi connectivity index (χ0v) is 19.9. The standard InChI is InChI=1S/C23H21BrN4O6/c1-12-11-26-18-8-7-17(28(32)33)9-14(18)10-23(19(26)13(2)34-12)20(29)25-22(31)27(21(23)30)16-5-3-15(24)4-6-16/h3-9,12-13,19H,10-11H2,1-2H3,(H,25,29,31)/t12-,13+,19-,23-/m1/s1. The molecule has 5 rings (SSSR count). The molecule has 4 atom stereocenters. The topological polar surface area (TPSA) is 122 Å². The maximum absolute atomic E-state index is 14.1. The normalized spacial score (nSPS) is 28.4. The van der Waals surface area contributed by atoms with E-state index in [0.29, 0.717) is 17.8 Å². The van der Waals surface area contributed by atoms with Crippen molar-refractivity contribution in [1.82, 2.24) is 5.32 Å². The lowest BCUT2D eigenvalue weighted by Crippen LogP contribution is -2.76. The third-order valence-corrected chi connectivity index (χ3v) is 7.27. The number of carbonyl (C=O) groups excluding carboxylic acids is 3. The van der Waals surface area contributed by atoms with Crippen molar-refractivity contribution in [1.29, 1.82) is 0 Å². The van der Waals surface area contributed by atoms with Crippen LogP contribution in [0.1, 0.15) is 19.4 Å². The van der Waals surface area contributed by atoms with Crippen LogP contribution in [-0.2, 0) is 20.7 Å². The van der Waals surface area contributed by atoms with Crippen LogP contribution in [0.3, 0.4) is 0 Å². The number of nitrogens with zero attached hydrogens (tertiary/aromatic N) is 3. The van der Waals surface area contributed by atoms with Gasteiger partial charge in [0.05, 0.1) is 28.9 Å². The van der Waals surface area contributed by atoms with Crippen molar-refractivity contribution < 1.29 is 24.0 Å². The summed E-state index contributed by atoms with van der Waals surface area (Å²) in [5.74, 6) is -1.41. The van der Waals surface area contributed by atoms with Crippen molar-refractivity contribution >= 4 is 50.8 Å². The summed E-state index contributed by atoms with van der Waals surface area (Å²) in [6.07, 6.45) is -0.824. The SMILES string of the molecule is C[C@@H]1CN2c3ccc([N+](=O)[O-])cc3C[C@]3(C(=O)NC(=O)N(c4ccc(Br)cc4)C3=O)[C@H]2[C@H](C)O1. The van der Waals surface area contributed by atoms with Crippen molar-refractivity contribution in [3.05, 3.63) is 62.6 Å². The number of nitro groups is 1. The summed E-state index contributed by atoms with van der Waals surface area (Å²) in [5.41, 5.74) is -0.322. The molecule has 11 heteroatoms. The molecule has 2 aromatic rings. The monoisotopic (exact) mass is 528 g/mol. The van der Waals surface area contributed by atoms with Crippen molar-refractivity contribution in [2.75, 3.05) is 16.3 Å². The second-order valence-electron chi connectivity index (χ2n) is 8.84. The minimum atomic E-state index is -1.72. The van der Waals surface area contributed by atoms with Gasteiger partial charge in [0.15, 0.2) is 5.41 Å². The average molecular weight is 529 g/mol. The highest BCUT2D eigenvalue weighted by Gasteiger charge is 2.65. The minimum absolute atomic E-state index is 0.0990. The molecule has 2 saturated heterocycles. The van der Waals surface area contributed by atoms with Gasteiger partial charge in [-0.25, -0.2) is 9.69 Å². The molecule has 2 aromatic carbocycles. The molecule has 1 N–H and O–H groups in total. The van der Waals surface area contributed by atoms with Crippen LogP contribution < -0.4 is 15.1 Å². The number of barbiturate groups is 1. The molecule has 2 fully saturated rings. The van der Waals surface area contributed by atoms with E-state index in [1.54, 1.807) is 37.3 Å². The molecule has 0 bridgehead atoms. The van der Waals surface area contributed by atoms with E-state index in [9.17, 15) is 24.5 Å². The van der Waals surface area contributed by atoms with E-state index >= 15 is 0 Å². The number of rotatable bonds is 2. The van der Waals surface area contributed by atoms with Gasteiger partial charge in [0.2, 0.25) is 5.91 Å². The third kappa shape index (κ3) is 3.22. The number of morpholine rings is 1. The number of halogens is 1. The zero-order chi connectivity index (χ0) is 24.4. The van der Waals surface area contributed by atoms with Gasteiger partial charge in [-0.2, -0.15) is 0 Å². The van der Waals surface area contributed by atoms with Crippen LogP contribution in [0.5, 0.6) is 0 Å². The van der Waals surface area contributed by atoms with Gasteiger partial charge in [-0.15, -0.1) is 0 Å². The number of nitro benzene ring substituents is 1. The highest BCUT2D eigenvalue weighted by molar-refractivity contribution is 9.10. The summed E-state index contributed by atoms with van der Waals surface area (Å²) in [4.78, 5) is 54.3. The predicted octanol–water partition coefficient (Wildman–Crippen LogP) is 3.17. The molecule has 34 heavy (non-hydrogen) atoms. The maximum Gasteiger partial charge on any atom is 0.335 e. The van der Waals surface area contributed by atoms with Crippen molar-refractivity contribution in [3.63, 3.8) is 0 Å².